The smallest absolute Gasteiger partial charge is 0.489 e. The lowest BCUT2D eigenvalue weighted by molar-refractivity contribution is -0.274. The van der Waals surface area contributed by atoms with Crippen molar-refractivity contribution in [2.24, 2.45) is 5.73 Å². The number of nitrogens with zero attached hydrogens (tertiary/aromatic N) is 3. The molecule has 0 unspecified atom stereocenters. The fourth-order valence-electron chi connectivity index (χ4n) is 3.77. The summed E-state index contributed by atoms with van der Waals surface area (Å²) in [5, 5.41) is 3.07. The van der Waals surface area contributed by atoms with Crippen molar-refractivity contribution in [3.63, 3.8) is 0 Å². The second kappa shape index (κ2) is 10.6. The van der Waals surface area contributed by atoms with Gasteiger partial charge in [-0.2, -0.15) is 0 Å². The Hall–Kier alpha value is -4.48. The maximum absolute atomic E-state index is 13.0. The van der Waals surface area contributed by atoms with Crippen LogP contribution in [0.5, 0.6) is 11.5 Å². The number of carbonyl (C=O) groups excluding carboxylic acids is 1. The summed E-state index contributed by atoms with van der Waals surface area (Å²) >= 11 is 0. The van der Waals surface area contributed by atoms with E-state index in [1.165, 1.54) is 24.3 Å². The molecule has 3 aromatic rings. The number of fused-ring (bicyclic) bond motifs is 1. The summed E-state index contributed by atoms with van der Waals surface area (Å²) in [5.41, 5.74) is 8.16. The van der Waals surface area contributed by atoms with Crippen LogP contribution in [0, 0.1) is 0 Å². The molecule has 2 aromatic carbocycles. The van der Waals surface area contributed by atoms with E-state index in [9.17, 15) is 22.4 Å². The predicted octanol–water partition coefficient (Wildman–Crippen LogP) is 5.40. The van der Waals surface area contributed by atoms with Crippen molar-refractivity contribution in [1.82, 2.24) is 9.88 Å². The van der Waals surface area contributed by atoms with Gasteiger partial charge >= 0.3 is 12.4 Å². The lowest BCUT2D eigenvalue weighted by Crippen LogP contribution is -2.34. The Morgan fingerprint density at radius 1 is 1.19 bits per heavy atom. The maximum Gasteiger partial charge on any atom is 0.573 e. The average molecular weight is 517 g/mol. The molecule has 2 heterocycles. The standard InChI is InChI=1S/C25H23F4N5O3/c1-16(32-18-6-8-19(9-7-18)37-25(27,28)29)20-3-2-4-21-23(20)36-12-11-34(21)22-10-5-17(13-31-22)14-33(15-26)24(30)35/h2-10,13,32H,1,11-12,14-15H2,(H2,30,35). The first-order chi connectivity index (χ1) is 17.6. The summed E-state index contributed by atoms with van der Waals surface area (Å²) in [7, 11) is 0. The second-order valence-corrected chi connectivity index (χ2v) is 8.01. The van der Waals surface area contributed by atoms with Crippen molar-refractivity contribution in [2.75, 3.05) is 30.2 Å². The number of amides is 2. The number of pyridine rings is 1. The molecule has 0 bridgehead atoms. The van der Waals surface area contributed by atoms with Crippen molar-refractivity contribution in [3.05, 3.63) is 78.5 Å². The molecule has 3 N–H and O–H groups in total. The van der Waals surface area contributed by atoms with Crippen LogP contribution in [-0.2, 0) is 6.54 Å². The highest BCUT2D eigenvalue weighted by molar-refractivity contribution is 5.84. The number of alkyl halides is 4. The largest absolute Gasteiger partial charge is 0.573 e. The molecular weight excluding hydrogens is 494 g/mol. The van der Waals surface area contributed by atoms with Crippen LogP contribution in [0.15, 0.2) is 67.4 Å². The molecular formula is C25H23F4N5O3. The van der Waals surface area contributed by atoms with Gasteiger partial charge < -0.3 is 25.4 Å². The van der Waals surface area contributed by atoms with E-state index in [4.69, 9.17) is 10.5 Å². The molecule has 0 aliphatic carbocycles. The third-order valence-electron chi connectivity index (χ3n) is 5.47. The molecule has 0 atom stereocenters. The van der Waals surface area contributed by atoms with Gasteiger partial charge in [-0.3, -0.25) is 4.90 Å². The number of aromatic nitrogens is 1. The van der Waals surface area contributed by atoms with Gasteiger partial charge in [0.25, 0.3) is 0 Å². The van der Waals surface area contributed by atoms with Gasteiger partial charge in [-0.15, -0.1) is 13.2 Å². The summed E-state index contributed by atoms with van der Waals surface area (Å²) in [5.74, 6) is 0.854. The highest BCUT2D eigenvalue weighted by atomic mass is 19.4. The van der Waals surface area contributed by atoms with Gasteiger partial charge in [0.05, 0.1) is 18.8 Å². The van der Waals surface area contributed by atoms with Crippen molar-refractivity contribution in [2.45, 2.75) is 12.9 Å². The molecule has 0 fully saturated rings. The van der Waals surface area contributed by atoms with E-state index in [1.807, 2.05) is 23.1 Å². The number of halogens is 4. The van der Waals surface area contributed by atoms with Gasteiger partial charge in [0.15, 0.2) is 12.5 Å². The van der Waals surface area contributed by atoms with Crippen LogP contribution < -0.4 is 25.4 Å². The minimum absolute atomic E-state index is 0.00222. The Bertz CT molecular complexity index is 1270. The molecule has 194 valence electrons. The molecule has 12 heteroatoms. The number of nitrogens with two attached hydrogens (primary N) is 1. The maximum atomic E-state index is 13.0. The molecule has 0 spiro atoms. The predicted molar refractivity (Wildman–Crippen MR) is 130 cm³/mol. The first kappa shape index (κ1) is 25.6. The Balaban J connectivity index is 1.51. The van der Waals surface area contributed by atoms with E-state index in [2.05, 4.69) is 21.6 Å². The number of nitrogens with one attached hydrogen (secondary N) is 1. The summed E-state index contributed by atoms with van der Waals surface area (Å²) < 4.78 is 60.0. The number of carbonyl (C=O) groups is 1. The van der Waals surface area contributed by atoms with Crippen LogP contribution in [0.3, 0.4) is 0 Å². The number of rotatable bonds is 8. The molecule has 4 rings (SSSR count). The Morgan fingerprint density at radius 3 is 2.57 bits per heavy atom. The third kappa shape index (κ3) is 6.21. The lowest BCUT2D eigenvalue weighted by atomic mass is 10.1. The number of hydrogen-bond acceptors (Lipinski definition) is 6. The summed E-state index contributed by atoms with van der Waals surface area (Å²) in [4.78, 5) is 18.5. The van der Waals surface area contributed by atoms with Crippen LogP contribution in [0.25, 0.3) is 5.70 Å². The number of hydrogen-bond donors (Lipinski definition) is 2. The van der Waals surface area contributed by atoms with Crippen LogP contribution in [0.4, 0.5) is 39.5 Å². The van der Waals surface area contributed by atoms with E-state index in [1.54, 1.807) is 18.3 Å². The number of benzene rings is 2. The highest BCUT2D eigenvalue weighted by Crippen LogP contribution is 2.41. The third-order valence-corrected chi connectivity index (χ3v) is 5.47. The van der Waals surface area contributed by atoms with Gasteiger partial charge in [0.2, 0.25) is 0 Å². The van der Waals surface area contributed by atoms with Gasteiger partial charge in [0, 0.05) is 23.1 Å². The zero-order chi connectivity index (χ0) is 26.6. The quantitative estimate of drug-likeness (QED) is 0.307. The molecule has 0 saturated carbocycles. The summed E-state index contributed by atoms with van der Waals surface area (Å²) in [6.45, 7) is 3.94. The summed E-state index contributed by atoms with van der Waals surface area (Å²) in [6.07, 6.45) is -3.22. The monoisotopic (exact) mass is 517 g/mol. The van der Waals surface area contributed by atoms with E-state index < -0.39 is 19.2 Å². The van der Waals surface area contributed by atoms with E-state index in [0.717, 1.165) is 10.6 Å². The molecule has 0 saturated heterocycles. The molecule has 0 radical (unpaired) electrons. The normalized spacial score (nSPS) is 12.8. The van der Waals surface area contributed by atoms with Crippen molar-refractivity contribution in [1.29, 1.82) is 0 Å². The van der Waals surface area contributed by atoms with E-state index >= 15 is 0 Å². The molecule has 1 aromatic heterocycles. The van der Waals surface area contributed by atoms with Crippen molar-refractivity contribution < 1.29 is 31.8 Å². The van der Waals surface area contributed by atoms with Crippen LogP contribution in [-0.4, -0.2) is 42.2 Å². The molecule has 2 amide bonds. The number of urea groups is 1. The Morgan fingerprint density at radius 2 is 1.95 bits per heavy atom. The molecule has 1 aliphatic rings. The van der Waals surface area contributed by atoms with E-state index in [-0.39, 0.29) is 12.3 Å². The highest BCUT2D eigenvalue weighted by Gasteiger charge is 2.31. The second-order valence-electron chi connectivity index (χ2n) is 8.01. The fraction of sp³-hybridized carbons (Fsp3) is 0.200. The van der Waals surface area contributed by atoms with E-state index in [0.29, 0.717) is 47.2 Å². The minimum atomic E-state index is -4.77. The summed E-state index contributed by atoms with van der Waals surface area (Å²) in [6, 6.07) is 13.4. The fourth-order valence-corrected chi connectivity index (χ4v) is 3.77. The van der Waals surface area contributed by atoms with Gasteiger partial charge in [0.1, 0.15) is 18.2 Å². The number of anilines is 3. The lowest BCUT2D eigenvalue weighted by Gasteiger charge is -2.32. The number of primary amides is 1. The zero-order valence-corrected chi connectivity index (χ0v) is 19.5. The Labute approximate surface area is 209 Å². The zero-order valence-electron chi connectivity index (χ0n) is 19.5. The number of para-hydroxylation sites is 1. The SMILES string of the molecule is C=C(Nc1ccc(OC(F)(F)F)cc1)c1cccc2c1OCCN2c1ccc(CN(CF)C(N)=O)cn1. The molecule has 37 heavy (non-hydrogen) atoms. The first-order valence-corrected chi connectivity index (χ1v) is 11.1. The first-order valence-electron chi connectivity index (χ1n) is 11.1. The topological polar surface area (TPSA) is 93.0 Å². The van der Waals surface area contributed by atoms with Crippen LogP contribution >= 0.6 is 0 Å². The van der Waals surface area contributed by atoms with Crippen molar-refractivity contribution >= 4 is 28.9 Å². The average Bonchev–Trinajstić information content (AvgIpc) is 2.87. The van der Waals surface area contributed by atoms with Gasteiger partial charge in [-0.05, 0) is 48.0 Å². The minimum Gasteiger partial charge on any atom is -0.489 e. The Kier molecular flexibility index (Phi) is 7.37. The van der Waals surface area contributed by atoms with Crippen LogP contribution in [0.1, 0.15) is 11.1 Å². The van der Waals surface area contributed by atoms with Gasteiger partial charge in [-0.25, -0.2) is 14.2 Å². The number of ether oxygens (including phenoxy) is 2. The van der Waals surface area contributed by atoms with Crippen molar-refractivity contribution in [3.8, 4) is 11.5 Å². The van der Waals surface area contributed by atoms with Crippen LogP contribution in [0.2, 0.25) is 0 Å². The molecule has 1 aliphatic heterocycles. The molecule has 8 nitrogen and oxygen atoms in total. The van der Waals surface area contributed by atoms with Gasteiger partial charge in [-0.1, -0.05) is 18.7 Å².